The molecule has 2 rings (SSSR count). The van der Waals surface area contributed by atoms with E-state index >= 15 is 0 Å². The topological polar surface area (TPSA) is 32.3 Å². The molecule has 23 heavy (non-hydrogen) atoms. The van der Waals surface area contributed by atoms with Crippen LogP contribution in [0.1, 0.15) is 29.7 Å². The maximum Gasteiger partial charge on any atom is 0.317 e. The van der Waals surface area contributed by atoms with Crippen molar-refractivity contribution in [1.82, 2.24) is 10.2 Å². The molecular formula is C19H23ClN2O. The van der Waals surface area contributed by atoms with Gasteiger partial charge >= 0.3 is 6.03 Å². The van der Waals surface area contributed by atoms with Gasteiger partial charge in [-0.2, -0.15) is 0 Å². The molecule has 0 bridgehead atoms. The monoisotopic (exact) mass is 330 g/mol. The summed E-state index contributed by atoms with van der Waals surface area (Å²) in [5.41, 5.74) is 3.49. The van der Waals surface area contributed by atoms with E-state index in [1.165, 1.54) is 11.1 Å². The lowest BCUT2D eigenvalue weighted by molar-refractivity contribution is 0.194. The van der Waals surface area contributed by atoms with Crippen LogP contribution in [-0.4, -0.2) is 24.5 Å². The second kappa shape index (κ2) is 8.02. The highest BCUT2D eigenvalue weighted by atomic mass is 35.5. The molecule has 2 aromatic carbocycles. The van der Waals surface area contributed by atoms with Crippen LogP contribution >= 0.6 is 11.6 Å². The minimum atomic E-state index is -0.0786. The van der Waals surface area contributed by atoms with Crippen LogP contribution in [0.5, 0.6) is 0 Å². The van der Waals surface area contributed by atoms with Crippen molar-refractivity contribution in [3.05, 3.63) is 70.2 Å². The molecule has 0 fully saturated rings. The lowest BCUT2D eigenvalue weighted by Gasteiger charge is -2.25. The van der Waals surface area contributed by atoms with E-state index in [1.807, 2.05) is 37.3 Å². The van der Waals surface area contributed by atoms with Crippen molar-refractivity contribution >= 4 is 17.6 Å². The summed E-state index contributed by atoms with van der Waals surface area (Å²) < 4.78 is 0. The van der Waals surface area contributed by atoms with Gasteiger partial charge in [0.2, 0.25) is 0 Å². The molecule has 0 spiro atoms. The van der Waals surface area contributed by atoms with Crippen LogP contribution in [0.15, 0.2) is 48.5 Å². The number of halogens is 1. The van der Waals surface area contributed by atoms with E-state index < -0.39 is 0 Å². The van der Waals surface area contributed by atoms with Gasteiger partial charge < -0.3 is 10.2 Å². The van der Waals surface area contributed by atoms with Crippen molar-refractivity contribution in [2.45, 2.75) is 26.3 Å². The molecule has 0 aromatic heterocycles. The molecule has 3 nitrogen and oxygen atoms in total. The fourth-order valence-electron chi connectivity index (χ4n) is 2.47. The Morgan fingerprint density at radius 2 is 1.96 bits per heavy atom. The maximum atomic E-state index is 12.3. The second-order valence-electron chi connectivity index (χ2n) is 5.81. The van der Waals surface area contributed by atoms with E-state index in [9.17, 15) is 4.79 Å². The highest BCUT2D eigenvalue weighted by Crippen LogP contribution is 2.21. The third-order valence-electron chi connectivity index (χ3n) is 4.00. The number of amides is 2. The van der Waals surface area contributed by atoms with Gasteiger partial charge in [-0.3, -0.25) is 0 Å². The normalized spacial score (nSPS) is 11.8. The molecule has 2 aromatic rings. The van der Waals surface area contributed by atoms with Gasteiger partial charge in [0.25, 0.3) is 0 Å². The zero-order valence-corrected chi connectivity index (χ0v) is 14.6. The molecule has 1 N–H and O–H groups in total. The molecule has 4 heteroatoms. The number of carbonyl (C=O) groups is 1. The van der Waals surface area contributed by atoms with Crippen molar-refractivity contribution in [2.24, 2.45) is 0 Å². The van der Waals surface area contributed by atoms with E-state index in [0.29, 0.717) is 11.6 Å². The molecule has 0 radical (unpaired) electrons. The van der Waals surface area contributed by atoms with E-state index in [2.05, 4.69) is 30.4 Å². The standard InChI is InChI=1S/C19H23ClN2O/c1-14-6-4-7-16(12-14)10-11-21-19(23)22(3)15(2)17-8-5-9-18(20)13-17/h4-9,12-13,15H,10-11H2,1-3H3,(H,21,23). The summed E-state index contributed by atoms with van der Waals surface area (Å²) in [5, 5.41) is 3.65. The van der Waals surface area contributed by atoms with Crippen molar-refractivity contribution in [3.8, 4) is 0 Å². The smallest absolute Gasteiger partial charge is 0.317 e. The number of urea groups is 1. The van der Waals surface area contributed by atoms with Crippen LogP contribution in [0.4, 0.5) is 4.79 Å². The molecular weight excluding hydrogens is 308 g/mol. The summed E-state index contributed by atoms with van der Waals surface area (Å²) in [6.07, 6.45) is 0.826. The molecule has 122 valence electrons. The maximum absolute atomic E-state index is 12.3. The lowest BCUT2D eigenvalue weighted by Crippen LogP contribution is -2.39. The van der Waals surface area contributed by atoms with Gasteiger partial charge in [0.05, 0.1) is 6.04 Å². The van der Waals surface area contributed by atoms with Gasteiger partial charge in [0.1, 0.15) is 0 Å². The van der Waals surface area contributed by atoms with Crippen LogP contribution in [0.25, 0.3) is 0 Å². The molecule has 1 unspecified atom stereocenters. The van der Waals surface area contributed by atoms with Crippen LogP contribution in [-0.2, 0) is 6.42 Å². The molecule has 0 heterocycles. The summed E-state index contributed by atoms with van der Waals surface area (Å²) in [5.74, 6) is 0. The first-order chi connectivity index (χ1) is 11.0. The second-order valence-corrected chi connectivity index (χ2v) is 6.25. The van der Waals surface area contributed by atoms with Crippen molar-refractivity contribution in [2.75, 3.05) is 13.6 Å². The predicted molar refractivity (Wildman–Crippen MR) is 95.9 cm³/mol. The van der Waals surface area contributed by atoms with Crippen molar-refractivity contribution in [1.29, 1.82) is 0 Å². The number of rotatable bonds is 5. The Kier molecular flexibility index (Phi) is 6.05. The fourth-order valence-corrected chi connectivity index (χ4v) is 2.67. The molecule has 0 aliphatic heterocycles. The summed E-state index contributed by atoms with van der Waals surface area (Å²) in [7, 11) is 1.80. The molecule has 0 saturated heterocycles. The number of nitrogens with zero attached hydrogens (tertiary/aromatic N) is 1. The average Bonchev–Trinajstić information content (AvgIpc) is 2.53. The third-order valence-corrected chi connectivity index (χ3v) is 4.24. The van der Waals surface area contributed by atoms with Crippen LogP contribution < -0.4 is 5.32 Å². The minimum absolute atomic E-state index is 0.0346. The molecule has 0 aliphatic carbocycles. The zero-order valence-electron chi connectivity index (χ0n) is 13.8. The number of benzene rings is 2. The van der Waals surface area contributed by atoms with Crippen LogP contribution in [0.3, 0.4) is 0 Å². The van der Waals surface area contributed by atoms with Crippen LogP contribution in [0, 0.1) is 6.92 Å². The Hall–Kier alpha value is -2.00. The average molecular weight is 331 g/mol. The molecule has 1 atom stereocenters. The van der Waals surface area contributed by atoms with E-state index in [1.54, 1.807) is 11.9 Å². The Labute approximate surface area is 143 Å². The van der Waals surface area contributed by atoms with Gasteiger partial charge in [-0.05, 0) is 43.5 Å². The number of hydrogen-bond donors (Lipinski definition) is 1. The number of nitrogens with one attached hydrogen (secondary N) is 1. The largest absolute Gasteiger partial charge is 0.338 e. The summed E-state index contributed by atoms with van der Waals surface area (Å²) >= 11 is 6.02. The Balaban J connectivity index is 1.87. The molecule has 2 amide bonds. The quantitative estimate of drug-likeness (QED) is 0.854. The van der Waals surface area contributed by atoms with Crippen molar-refractivity contribution < 1.29 is 4.79 Å². The first-order valence-electron chi connectivity index (χ1n) is 7.79. The van der Waals surface area contributed by atoms with Gasteiger partial charge in [-0.1, -0.05) is 53.6 Å². The van der Waals surface area contributed by atoms with E-state index in [-0.39, 0.29) is 12.1 Å². The van der Waals surface area contributed by atoms with Gasteiger partial charge in [-0.25, -0.2) is 4.79 Å². The first-order valence-corrected chi connectivity index (χ1v) is 8.17. The number of hydrogen-bond acceptors (Lipinski definition) is 1. The summed E-state index contributed by atoms with van der Waals surface area (Å²) in [4.78, 5) is 14.0. The SMILES string of the molecule is Cc1cccc(CCNC(=O)N(C)C(C)c2cccc(Cl)c2)c1. The molecule has 0 aliphatic rings. The first kappa shape index (κ1) is 17.4. The van der Waals surface area contributed by atoms with Crippen LogP contribution in [0.2, 0.25) is 5.02 Å². The van der Waals surface area contributed by atoms with Gasteiger partial charge in [-0.15, -0.1) is 0 Å². The van der Waals surface area contributed by atoms with Gasteiger partial charge in [0.15, 0.2) is 0 Å². The van der Waals surface area contributed by atoms with E-state index in [4.69, 9.17) is 11.6 Å². The Bertz CT molecular complexity index is 672. The minimum Gasteiger partial charge on any atom is -0.338 e. The Morgan fingerprint density at radius 3 is 2.65 bits per heavy atom. The van der Waals surface area contributed by atoms with E-state index in [0.717, 1.165) is 12.0 Å². The number of carbonyl (C=O) groups excluding carboxylic acids is 1. The fraction of sp³-hybridized carbons (Fsp3) is 0.316. The Morgan fingerprint density at radius 1 is 1.22 bits per heavy atom. The third kappa shape index (κ3) is 5.00. The zero-order chi connectivity index (χ0) is 16.8. The highest BCUT2D eigenvalue weighted by Gasteiger charge is 2.17. The lowest BCUT2D eigenvalue weighted by atomic mass is 10.1. The summed E-state index contributed by atoms with van der Waals surface area (Å²) in [6, 6.07) is 15.8. The van der Waals surface area contributed by atoms with Gasteiger partial charge in [0, 0.05) is 18.6 Å². The van der Waals surface area contributed by atoms with Crippen molar-refractivity contribution in [3.63, 3.8) is 0 Å². The predicted octanol–water partition coefficient (Wildman–Crippen LogP) is 4.59. The highest BCUT2D eigenvalue weighted by molar-refractivity contribution is 6.30. The molecule has 0 saturated carbocycles. The summed E-state index contributed by atoms with van der Waals surface area (Å²) in [6.45, 7) is 4.68. The number of aryl methyl sites for hydroxylation is 1.